The highest BCUT2D eigenvalue weighted by molar-refractivity contribution is 5.98. The number of benzene rings is 1. The van der Waals surface area contributed by atoms with Gasteiger partial charge in [0.25, 0.3) is 11.8 Å². The van der Waals surface area contributed by atoms with E-state index in [2.05, 4.69) is 15.7 Å². The smallest absolute Gasteiger partial charge is 0.271 e. The van der Waals surface area contributed by atoms with E-state index in [0.29, 0.717) is 5.69 Å². The van der Waals surface area contributed by atoms with Gasteiger partial charge in [0.05, 0.1) is 6.04 Å². The Hall–Kier alpha value is -2.67. The minimum absolute atomic E-state index is 0.151. The fraction of sp³-hybridized carbons (Fsp3) is 0.476. The van der Waals surface area contributed by atoms with Crippen molar-refractivity contribution in [1.29, 1.82) is 0 Å². The maximum absolute atomic E-state index is 12.9. The molecule has 3 N–H and O–H groups in total. The summed E-state index contributed by atoms with van der Waals surface area (Å²) < 4.78 is 1.65. The Kier molecular flexibility index (Phi) is 8.19. The largest absolute Gasteiger partial charge is 0.400 e. The van der Waals surface area contributed by atoms with Gasteiger partial charge < -0.3 is 15.7 Å². The second-order valence-corrected chi connectivity index (χ2v) is 6.83. The highest BCUT2D eigenvalue weighted by Gasteiger charge is 2.24. The average Bonchev–Trinajstić information content (AvgIpc) is 3.21. The van der Waals surface area contributed by atoms with Crippen molar-refractivity contribution in [2.45, 2.75) is 51.1 Å². The second-order valence-electron chi connectivity index (χ2n) is 6.83. The summed E-state index contributed by atoms with van der Waals surface area (Å²) >= 11 is 0. The van der Waals surface area contributed by atoms with E-state index in [4.69, 9.17) is 5.11 Å². The summed E-state index contributed by atoms with van der Waals surface area (Å²) in [7, 11) is 2.56. The molecular weight excluding hydrogens is 356 g/mol. The molecule has 1 heterocycles. The molecule has 1 aliphatic rings. The number of aliphatic hydroxyl groups excluding tert-OH is 1. The molecule has 1 fully saturated rings. The van der Waals surface area contributed by atoms with Gasteiger partial charge in [-0.1, -0.05) is 49.6 Å². The van der Waals surface area contributed by atoms with Crippen molar-refractivity contribution in [1.82, 2.24) is 20.4 Å². The van der Waals surface area contributed by atoms with Gasteiger partial charge in [0.1, 0.15) is 5.69 Å². The molecule has 0 bridgehead atoms. The molecule has 0 radical (unpaired) electrons. The normalized spacial score (nSPS) is 15.1. The zero-order valence-electron chi connectivity index (χ0n) is 16.8. The van der Waals surface area contributed by atoms with Gasteiger partial charge in [0, 0.05) is 26.3 Å². The summed E-state index contributed by atoms with van der Waals surface area (Å²) in [5, 5.41) is 17.1. The van der Waals surface area contributed by atoms with Gasteiger partial charge in [0.15, 0.2) is 5.69 Å². The number of hydrogen-bond acceptors (Lipinski definition) is 4. The van der Waals surface area contributed by atoms with Gasteiger partial charge >= 0.3 is 0 Å². The molecule has 2 amide bonds. The van der Waals surface area contributed by atoms with Crippen LogP contribution in [0.5, 0.6) is 0 Å². The molecule has 0 aliphatic heterocycles. The summed E-state index contributed by atoms with van der Waals surface area (Å²) in [6.45, 7) is 1.98. The van der Waals surface area contributed by atoms with Crippen molar-refractivity contribution >= 4 is 11.8 Å². The number of aliphatic hydroxyl groups is 1. The summed E-state index contributed by atoms with van der Waals surface area (Å²) in [6.07, 6.45) is 5.55. The molecule has 28 heavy (non-hydrogen) atoms. The van der Waals surface area contributed by atoms with Crippen molar-refractivity contribution in [3.63, 3.8) is 0 Å². The van der Waals surface area contributed by atoms with Gasteiger partial charge in [-0.05, 0) is 25.3 Å². The number of carbonyl (C=O) groups excluding carboxylic acids is 2. The standard InChI is InChI=1S/C20H26N4O2.CH4O/c1-14(15-9-5-3-6-10-15)24-18(13-17(23-24)19(25)21-2)20(26)22-16-11-7-4-8-12-16;1-2/h3,5-6,9-10,13-14,16H,4,7-8,11-12H2,1-2H3,(H,21,25)(H,22,26);2H,1H3. The number of amides is 2. The second kappa shape index (κ2) is 10.6. The first kappa shape index (κ1) is 21.6. The van der Waals surface area contributed by atoms with Crippen LogP contribution in [-0.2, 0) is 0 Å². The quantitative estimate of drug-likeness (QED) is 0.736. The van der Waals surface area contributed by atoms with Gasteiger partial charge in [-0.15, -0.1) is 0 Å². The first-order valence-corrected chi connectivity index (χ1v) is 9.72. The van der Waals surface area contributed by atoms with Crippen LogP contribution in [0.15, 0.2) is 36.4 Å². The van der Waals surface area contributed by atoms with Crippen LogP contribution in [-0.4, -0.2) is 46.9 Å². The number of carbonyl (C=O) groups is 2. The zero-order valence-corrected chi connectivity index (χ0v) is 16.8. The van der Waals surface area contributed by atoms with Crippen molar-refractivity contribution < 1.29 is 14.7 Å². The third kappa shape index (κ3) is 5.19. The molecule has 152 valence electrons. The lowest BCUT2D eigenvalue weighted by molar-refractivity contribution is 0.0914. The Bertz CT molecular complexity index is 767. The predicted octanol–water partition coefficient (Wildman–Crippen LogP) is 2.52. The topological polar surface area (TPSA) is 96.3 Å². The van der Waals surface area contributed by atoms with Crippen molar-refractivity contribution in [3.8, 4) is 0 Å². The molecule has 1 atom stereocenters. The van der Waals surface area contributed by atoms with E-state index >= 15 is 0 Å². The van der Waals surface area contributed by atoms with Crippen molar-refractivity contribution in [3.05, 3.63) is 53.3 Å². The van der Waals surface area contributed by atoms with Crippen molar-refractivity contribution in [2.24, 2.45) is 0 Å². The Balaban J connectivity index is 0.00000136. The molecule has 1 saturated carbocycles. The third-order valence-electron chi connectivity index (χ3n) is 5.02. The van der Waals surface area contributed by atoms with E-state index in [-0.39, 0.29) is 29.6 Å². The monoisotopic (exact) mass is 386 g/mol. The fourth-order valence-corrected chi connectivity index (χ4v) is 3.48. The number of hydrogen-bond donors (Lipinski definition) is 3. The minimum atomic E-state index is -0.296. The van der Waals surface area contributed by atoms with Gasteiger partial charge in [-0.25, -0.2) is 0 Å². The molecule has 2 aromatic rings. The lowest BCUT2D eigenvalue weighted by atomic mass is 9.95. The van der Waals surface area contributed by atoms with E-state index in [1.54, 1.807) is 17.8 Å². The van der Waals surface area contributed by atoms with Crippen LogP contribution in [0, 0.1) is 0 Å². The highest BCUT2D eigenvalue weighted by Crippen LogP contribution is 2.22. The first-order chi connectivity index (χ1) is 13.6. The number of rotatable bonds is 5. The zero-order chi connectivity index (χ0) is 20.5. The van der Waals surface area contributed by atoms with Crippen LogP contribution >= 0.6 is 0 Å². The number of nitrogens with one attached hydrogen (secondary N) is 2. The van der Waals surface area contributed by atoms with Crippen LogP contribution in [0.25, 0.3) is 0 Å². The van der Waals surface area contributed by atoms with E-state index in [0.717, 1.165) is 38.4 Å². The summed E-state index contributed by atoms with van der Waals surface area (Å²) in [6, 6.07) is 11.5. The van der Waals surface area contributed by atoms with Gasteiger partial charge in [0.2, 0.25) is 0 Å². The maximum Gasteiger partial charge on any atom is 0.271 e. The fourth-order valence-electron chi connectivity index (χ4n) is 3.48. The first-order valence-electron chi connectivity index (χ1n) is 9.72. The van der Waals surface area contributed by atoms with Gasteiger partial charge in [-0.2, -0.15) is 5.10 Å². The Labute approximate surface area is 166 Å². The highest BCUT2D eigenvalue weighted by atomic mass is 16.2. The van der Waals surface area contributed by atoms with E-state index in [1.165, 1.54) is 6.42 Å². The molecule has 1 aliphatic carbocycles. The van der Waals surface area contributed by atoms with Crippen LogP contribution in [0.4, 0.5) is 0 Å². The molecule has 7 nitrogen and oxygen atoms in total. The van der Waals surface area contributed by atoms with E-state index in [1.807, 2.05) is 37.3 Å². The molecule has 7 heteroatoms. The number of aromatic nitrogens is 2. The summed E-state index contributed by atoms with van der Waals surface area (Å²) in [5.74, 6) is -0.460. The van der Waals surface area contributed by atoms with Crippen LogP contribution in [0.1, 0.15) is 71.6 Å². The lowest BCUT2D eigenvalue weighted by Gasteiger charge is -2.23. The molecule has 1 unspecified atom stereocenters. The molecule has 1 aromatic heterocycles. The van der Waals surface area contributed by atoms with E-state index in [9.17, 15) is 9.59 Å². The average molecular weight is 386 g/mol. The van der Waals surface area contributed by atoms with Crippen molar-refractivity contribution in [2.75, 3.05) is 14.2 Å². The Morgan fingerprint density at radius 1 is 1.11 bits per heavy atom. The molecule has 1 aromatic carbocycles. The summed E-state index contributed by atoms with van der Waals surface area (Å²) in [4.78, 5) is 24.9. The minimum Gasteiger partial charge on any atom is -0.400 e. The van der Waals surface area contributed by atoms with Crippen LogP contribution in [0.2, 0.25) is 0 Å². The molecular formula is C21H30N4O3. The lowest BCUT2D eigenvalue weighted by Crippen LogP contribution is -2.37. The predicted molar refractivity (Wildman–Crippen MR) is 108 cm³/mol. The molecule has 0 saturated heterocycles. The SMILES string of the molecule is CNC(=O)c1cc(C(=O)NC2CCCCC2)n(C(C)c2ccccc2)n1.CO. The third-order valence-corrected chi connectivity index (χ3v) is 5.02. The van der Waals surface area contributed by atoms with Gasteiger partial charge in [-0.3, -0.25) is 14.3 Å². The van der Waals surface area contributed by atoms with Crippen LogP contribution in [0.3, 0.4) is 0 Å². The van der Waals surface area contributed by atoms with E-state index < -0.39 is 0 Å². The van der Waals surface area contributed by atoms with Crippen LogP contribution < -0.4 is 10.6 Å². The summed E-state index contributed by atoms with van der Waals surface area (Å²) in [5.41, 5.74) is 1.71. The maximum atomic E-state index is 12.9. The molecule has 0 spiro atoms. The Morgan fingerprint density at radius 3 is 2.36 bits per heavy atom. The molecule has 3 rings (SSSR count). The number of nitrogens with zero attached hydrogens (tertiary/aromatic N) is 2. The Morgan fingerprint density at radius 2 is 1.75 bits per heavy atom.